The number of hydrogen-bond donors (Lipinski definition) is 2. The number of carbonyl (C=O) groups excluding carboxylic acids is 1. The molecule has 0 spiro atoms. The second kappa shape index (κ2) is 10.3. The summed E-state index contributed by atoms with van der Waals surface area (Å²) >= 11 is 0. The number of benzene rings is 2. The molecule has 1 fully saturated rings. The van der Waals surface area contributed by atoms with Gasteiger partial charge >= 0.3 is 0 Å². The van der Waals surface area contributed by atoms with Gasteiger partial charge in [-0.05, 0) is 29.7 Å². The number of nitrogens with zero attached hydrogens (tertiary/aromatic N) is 2. The van der Waals surface area contributed by atoms with Crippen LogP contribution in [0.5, 0.6) is 0 Å². The zero-order valence-corrected chi connectivity index (χ0v) is 17.7. The van der Waals surface area contributed by atoms with Gasteiger partial charge in [-0.25, -0.2) is 0 Å². The van der Waals surface area contributed by atoms with Crippen LogP contribution in [0.3, 0.4) is 0 Å². The minimum absolute atomic E-state index is 0.120. The summed E-state index contributed by atoms with van der Waals surface area (Å²) in [5, 5.41) is 3.49. The lowest BCUT2D eigenvalue weighted by atomic mass is 9.90. The van der Waals surface area contributed by atoms with E-state index >= 15 is 0 Å². The summed E-state index contributed by atoms with van der Waals surface area (Å²) in [5.74, 6) is 0.245. The molecule has 5 heteroatoms. The van der Waals surface area contributed by atoms with Gasteiger partial charge in [-0.3, -0.25) is 9.78 Å². The van der Waals surface area contributed by atoms with Gasteiger partial charge in [0, 0.05) is 49.9 Å². The third-order valence-corrected chi connectivity index (χ3v) is 6.02. The number of pyridine rings is 1. The first-order chi connectivity index (χ1) is 15.2. The van der Waals surface area contributed by atoms with Crippen molar-refractivity contribution < 1.29 is 4.79 Å². The van der Waals surface area contributed by atoms with Crippen LogP contribution < -0.4 is 11.1 Å². The largest absolute Gasteiger partial charge is 0.340 e. The molecule has 3 aromatic rings. The average Bonchev–Trinajstić information content (AvgIpc) is 2.98. The van der Waals surface area contributed by atoms with Crippen LogP contribution in [0.4, 0.5) is 0 Å². The van der Waals surface area contributed by atoms with Crippen LogP contribution >= 0.6 is 0 Å². The first kappa shape index (κ1) is 21.2. The highest BCUT2D eigenvalue weighted by Crippen LogP contribution is 2.27. The number of hydrogen-bond acceptors (Lipinski definition) is 4. The van der Waals surface area contributed by atoms with E-state index in [4.69, 9.17) is 5.73 Å². The third kappa shape index (κ3) is 5.37. The van der Waals surface area contributed by atoms with Gasteiger partial charge < -0.3 is 16.0 Å². The van der Waals surface area contributed by atoms with E-state index in [2.05, 4.69) is 58.8 Å². The van der Waals surface area contributed by atoms with Gasteiger partial charge in [0.15, 0.2) is 0 Å². The third-order valence-electron chi connectivity index (χ3n) is 6.02. The Hall–Kier alpha value is -3.02. The lowest BCUT2D eigenvalue weighted by Crippen LogP contribution is -2.49. The van der Waals surface area contributed by atoms with Crippen molar-refractivity contribution in [3.05, 3.63) is 102 Å². The highest BCUT2D eigenvalue weighted by Gasteiger charge is 2.32. The van der Waals surface area contributed by atoms with E-state index in [1.165, 1.54) is 11.1 Å². The molecule has 0 saturated carbocycles. The molecule has 1 aromatic heterocycles. The highest BCUT2D eigenvalue weighted by molar-refractivity contribution is 5.82. The normalized spacial score (nSPS) is 19.4. The van der Waals surface area contributed by atoms with Crippen molar-refractivity contribution in [2.75, 3.05) is 19.6 Å². The molecule has 4 rings (SSSR count). The summed E-state index contributed by atoms with van der Waals surface area (Å²) in [6.07, 6.45) is 3.18. The lowest BCUT2D eigenvalue weighted by molar-refractivity contribution is -0.132. The van der Waals surface area contributed by atoms with Crippen LogP contribution in [0.1, 0.15) is 29.2 Å². The average molecular weight is 415 g/mol. The Balaban J connectivity index is 1.60. The van der Waals surface area contributed by atoms with Gasteiger partial charge in [-0.2, -0.15) is 0 Å². The van der Waals surface area contributed by atoms with Crippen molar-refractivity contribution in [1.29, 1.82) is 0 Å². The van der Waals surface area contributed by atoms with Crippen LogP contribution in [0, 0.1) is 0 Å². The van der Waals surface area contributed by atoms with Crippen molar-refractivity contribution in [3.63, 3.8) is 0 Å². The van der Waals surface area contributed by atoms with Crippen molar-refractivity contribution >= 4 is 5.91 Å². The summed E-state index contributed by atoms with van der Waals surface area (Å²) in [6, 6.07) is 26.5. The predicted octanol–water partition coefficient (Wildman–Crippen LogP) is 2.97. The van der Waals surface area contributed by atoms with Crippen LogP contribution in [-0.2, 0) is 11.2 Å². The van der Waals surface area contributed by atoms with E-state index in [1.807, 2.05) is 35.2 Å². The van der Waals surface area contributed by atoms with Gasteiger partial charge in [0.1, 0.15) is 0 Å². The van der Waals surface area contributed by atoms with Crippen molar-refractivity contribution in [2.24, 2.45) is 5.73 Å². The predicted molar refractivity (Wildman–Crippen MR) is 124 cm³/mol. The molecule has 160 valence electrons. The number of amides is 1. The molecule has 0 aliphatic carbocycles. The standard InChI is InChI=1S/C26H30N4O/c27-18-23-14-16-30(26(31)25(29-23)17-22-13-7-8-15-28-22)19-24(20-9-3-1-4-10-20)21-11-5-2-6-12-21/h1-13,15,23-25,29H,14,16-19,27H2/t23-,25-/m0/s1. The fourth-order valence-corrected chi connectivity index (χ4v) is 4.32. The monoisotopic (exact) mass is 414 g/mol. The highest BCUT2D eigenvalue weighted by atomic mass is 16.2. The minimum atomic E-state index is -0.321. The molecule has 0 radical (unpaired) electrons. The number of aromatic nitrogens is 1. The molecule has 0 bridgehead atoms. The summed E-state index contributed by atoms with van der Waals surface area (Å²) < 4.78 is 0. The summed E-state index contributed by atoms with van der Waals surface area (Å²) in [6.45, 7) is 1.85. The number of nitrogens with one attached hydrogen (secondary N) is 1. The quantitative estimate of drug-likeness (QED) is 0.624. The molecular formula is C26H30N4O. The van der Waals surface area contributed by atoms with Crippen molar-refractivity contribution in [1.82, 2.24) is 15.2 Å². The second-order valence-electron chi connectivity index (χ2n) is 8.12. The smallest absolute Gasteiger partial charge is 0.240 e. The van der Waals surface area contributed by atoms with Crippen LogP contribution in [-0.4, -0.2) is 47.5 Å². The van der Waals surface area contributed by atoms with E-state index in [9.17, 15) is 4.79 Å². The Labute approximate surface area is 184 Å². The van der Waals surface area contributed by atoms with E-state index < -0.39 is 0 Å². The van der Waals surface area contributed by atoms with Crippen molar-refractivity contribution in [3.8, 4) is 0 Å². The van der Waals surface area contributed by atoms with Crippen LogP contribution in [0.15, 0.2) is 85.1 Å². The van der Waals surface area contributed by atoms with Gasteiger partial charge in [-0.15, -0.1) is 0 Å². The van der Waals surface area contributed by atoms with Gasteiger partial charge in [0.2, 0.25) is 5.91 Å². The molecule has 2 aromatic carbocycles. The second-order valence-corrected chi connectivity index (χ2v) is 8.12. The lowest BCUT2D eigenvalue weighted by Gasteiger charge is -2.29. The molecule has 1 aliphatic heterocycles. The topological polar surface area (TPSA) is 71.2 Å². The molecule has 1 amide bonds. The van der Waals surface area contributed by atoms with Gasteiger partial charge in [0.25, 0.3) is 0 Å². The molecule has 2 atom stereocenters. The van der Waals surface area contributed by atoms with Crippen LogP contribution in [0.2, 0.25) is 0 Å². The maximum absolute atomic E-state index is 13.6. The molecule has 1 saturated heterocycles. The number of rotatable bonds is 7. The summed E-state index contributed by atoms with van der Waals surface area (Å²) in [4.78, 5) is 20.0. The molecule has 5 nitrogen and oxygen atoms in total. The maximum Gasteiger partial charge on any atom is 0.240 e. The zero-order chi connectivity index (χ0) is 21.5. The fourth-order valence-electron chi connectivity index (χ4n) is 4.32. The Bertz CT molecular complexity index is 909. The zero-order valence-electron chi connectivity index (χ0n) is 17.7. The molecule has 31 heavy (non-hydrogen) atoms. The Morgan fingerprint density at radius 1 is 0.968 bits per heavy atom. The SMILES string of the molecule is NC[C@@H]1CCN(CC(c2ccccc2)c2ccccc2)C(=O)[C@H](Cc2ccccn2)N1. The molecular weight excluding hydrogens is 384 g/mol. The maximum atomic E-state index is 13.6. The van der Waals surface area contributed by atoms with Crippen molar-refractivity contribution in [2.45, 2.75) is 30.8 Å². The molecule has 3 N–H and O–H groups in total. The first-order valence-corrected chi connectivity index (χ1v) is 11.0. The molecule has 2 heterocycles. The van der Waals surface area contributed by atoms with E-state index in [-0.39, 0.29) is 23.9 Å². The first-order valence-electron chi connectivity index (χ1n) is 11.0. The summed E-state index contributed by atoms with van der Waals surface area (Å²) in [5.41, 5.74) is 9.34. The number of nitrogens with two attached hydrogens (primary N) is 1. The van der Waals surface area contributed by atoms with Gasteiger partial charge in [-0.1, -0.05) is 66.7 Å². The van der Waals surface area contributed by atoms with E-state index in [0.29, 0.717) is 26.1 Å². The molecule has 0 unspecified atom stereocenters. The number of carbonyl (C=O) groups is 1. The van der Waals surface area contributed by atoms with E-state index in [1.54, 1.807) is 6.20 Å². The Morgan fingerprint density at radius 2 is 1.61 bits per heavy atom. The Kier molecular flexibility index (Phi) is 7.07. The summed E-state index contributed by atoms with van der Waals surface area (Å²) in [7, 11) is 0. The van der Waals surface area contributed by atoms with Crippen LogP contribution in [0.25, 0.3) is 0 Å². The van der Waals surface area contributed by atoms with E-state index in [0.717, 1.165) is 12.1 Å². The fraction of sp³-hybridized carbons (Fsp3) is 0.308. The van der Waals surface area contributed by atoms with Gasteiger partial charge in [0.05, 0.1) is 6.04 Å². The minimum Gasteiger partial charge on any atom is -0.340 e. The Morgan fingerprint density at radius 3 is 2.19 bits per heavy atom. The molecule has 1 aliphatic rings.